The van der Waals surface area contributed by atoms with Crippen molar-refractivity contribution < 1.29 is 18.0 Å². The molecule has 0 saturated heterocycles. The van der Waals surface area contributed by atoms with E-state index >= 15 is 0 Å². The zero-order valence-electron chi connectivity index (χ0n) is 12.3. The Morgan fingerprint density at radius 3 is 2.57 bits per heavy atom. The molecule has 1 aromatic heterocycles. The predicted molar refractivity (Wildman–Crippen MR) is 75.3 cm³/mol. The van der Waals surface area contributed by atoms with Crippen molar-refractivity contribution in [3.05, 3.63) is 34.2 Å². The predicted octanol–water partition coefficient (Wildman–Crippen LogP) is 2.21. The number of carbonyl (C=O) groups is 1. The van der Waals surface area contributed by atoms with Crippen LogP contribution in [0.1, 0.15) is 37.7 Å². The zero-order valence-corrected chi connectivity index (χ0v) is 12.3. The lowest BCUT2D eigenvalue weighted by Crippen LogP contribution is -2.50. The second-order valence-corrected chi connectivity index (χ2v) is 5.66. The summed E-state index contributed by atoms with van der Waals surface area (Å²) >= 11 is 0. The van der Waals surface area contributed by atoms with Gasteiger partial charge in [-0.1, -0.05) is 19.3 Å². The number of hydrogen-bond donors (Lipinski definition) is 1. The van der Waals surface area contributed by atoms with Crippen LogP contribution < -0.4 is 10.9 Å². The molecule has 0 bridgehead atoms. The molecular weight excluding hydrogens is 311 g/mol. The summed E-state index contributed by atoms with van der Waals surface area (Å²) in [5.74, 6) is -0.644. The fourth-order valence-corrected chi connectivity index (χ4v) is 2.76. The summed E-state index contributed by atoms with van der Waals surface area (Å²) in [6, 6.07) is 3.83. The van der Waals surface area contributed by atoms with Crippen molar-refractivity contribution in [2.24, 2.45) is 0 Å². The minimum Gasteiger partial charge on any atom is -0.336 e. The second kappa shape index (κ2) is 6.44. The van der Waals surface area contributed by atoms with E-state index in [-0.39, 0.29) is 0 Å². The molecular formula is C15H16F3N3O2. The van der Waals surface area contributed by atoms with Crippen LogP contribution in [0.2, 0.25) is 0 Å². The third kappa shape index (κ3) is 3.92. The topological polar surface area (TPSA) is 74.9 Å². The number of rotatable bonds is 3. The average molecular weight is 327 g/mol. The van der Waals surface area contributed by atoms with Crippen molar-refractivity contribution in [1.29, 1.82) is 5.26 Å². The third-order valence-corrected chi connectivity index (χ3v) is 3.94. The van der Waals surface area contributed by atoms with Gasteiger partial charge in [0, 0.05) is 6.20 Å². The van der Waals surface area contributed by atoms with Gasteiger partial charge in [-0.15, -0.1) is 0 Å². The highest BCUT2D eigenvalue weighted by atomic mass is 19.4. The fourth-order valence-electron chi connectivity index (χ4n) is 2.76. The zero-order chi connectivity index (χ0) is 17.1. The van der Waals surface area contributed by atoms with E-state index in [1.807, 2.05) is 0 Å². The number of nitrogens with zero attached hydrogens (tertiary/aromatic N) is 2. The molecule has 5 nitrogen and oxygen atoms in total. The Morgan fingerprint density at radius 1 is 1.35 bits per heavy atom. The van der Waals surface area contributed by atoms with E-state index in [2.05, 4.69) is 11.4 Å². The fraction of sp³-hybridized carbons (Fsp3) is 0.533. The lowest BCUT2D eigenvalue weighted by atomic mass is 9.83. The van der Waals surface area contributed by atoms with E-state index in [1.54, 1.807) is 0 Å². The maximum atomic E-state index is 12.7. The van der Waals surface area contributed by atoms with E-state index in [0.717, 1.165) is 31.5 Å². The van der Waals surface area contributed by atoms with Gasteiger partial charge in [0.25, 0.3) is 5.56 Å². The van der Waals surface area contributed by atoms with Gasteiger partial charge >= 0.3 is 6.18 Å². The number of amides is 1. The SMILES string of the molecule is N#CC1(NC(=O)Cn2cccc(C(F)(F)F)c2=O)CCCCC1. The Bertz CT molecular complexity index is 682. The first kappa shape index (κ1) is 17.1. The van der Waals surface area contributed by atoms with Crippen LogP contribution >= 0.6 is 0 Å². The lowest BCUT2D eigenvalue weighted by molar-refractivity contribution is -0.139. The van der Waals surface area contributed by atoms with Crippen LogP contribution in [0.5, 0.6) is 0 Å². The van der Waals surface area contributed by atoms with E-state index in [4.69, 9.17) is 0 Å². The molecule has 0 aliphatic heterocycles. The average Bonchev–Trinajstić information content (AvgIpc) is 2.49. The Hall–Kier alpha value is -2.30. The molecule has 23 heavy (non-hydrogen) atoms. The monoisotopic (exact) mass is 327 g/mol. The largest absolute Gasteiger partial charge is 0.421 e. The molecule has 0 atom stereocenters. The van der Waals surface area contributed by atoms with Crippen molar-refractivity contribution in [2.45, 2.75) is 50.4 Å². The van der Waals surface area contributed by atoms with E-state index < -0.39 is 35.3 Å². The maximum absolute atomic E-state index is 12.7. The van der Waals surface area contributed by atoms with Gasteiger partial charge < -0.3 is 9.88 Å². The van der Waals surface area contributed by atoms with Crippen LogP contribution in [0.25, 0.3) is 0 Å². The first-order chi connectivity index (χ1) is 10.8. The summed E-state index contributed by atoms with van der Waals surface area (Å²) in [6.07, 6.45) is -0.0502. The Kier molecular flexibility index (Phi) is 4.78. The van der Waals surface area contributed by atoms with Crippen LogP contribution in [0.15, 0.2) is 23.1 Å². The van der Waals surface area contributed by atoms with Gasteiger partial charge in [0.1, 0.15) is 17.6 Å². The number of hydrogen-bond acceptors (Lipinski definition) is 3. The van der Waals surface area contributed by atoms with Gasteiger partial charge in [-0.25, -0.2) is 0 Å². The van der Waals surface area contributed by atoms with Crippen molar-refractivity contribution in [2.75, 3.05) is 0 Å². The van der Waals surface area contributed by atoms with Crippen molar-refractivity contribution in [3.63, 3.8) is 0 Å². The molecule has 1 aliphatic carbocycles. The minimum absolute atomic E-state index is 0.507. The molecule has 1 aromatic rings. The molecule has 2 rings (SSSR count). The molecule has 0 radical (unpaired) electrons. The van der Waals surface area contributed by atoms with Crippen LogP contribution in [0.3, 0.4) is 0 Å². The quantitative estimate of drug-likeness (QED) is 0.925. The molecule has 0 spiro atoms. The molecule has 8 heteroatoms. The van der Waals surface area contributed by atoms with Gasteiger partial charge in [-0.05, 0) is 25.0 Å². The van der Waals surface area contributed by atoms with Gasteiger partial charge in [0.05, 0.1) is 6.07 Å². The number of nitrogens with one attached hydrogen (secondary N) is 1. The Morgan fingerprint density at radius 2 is 2.00 bits per heavy atom. The Labute approximate surface area is 130 Å². The van der Waals surface area contributed by atoms with Crippen molar-refractivity contribution in [3.8, 4) is 6.07 Å². The first-order valence-electron chi connectivity index (χ1n) is 7.26. The second-order valence-electron chi connectivity index (χ2n) is 5.66. The van der Waals surface area contributed by atoms with E-state index in [1.165, 1.54) is 0 Å². The number of carbonyl (C=O) groups excluding carboxylic acids is 1. The third-order valence-electron chi connectivity index (χ3n) is 3.94. The van der Waals surface area contributed by atoms with Gasteiger partial charge in [0.15, 0.2) is 0 Å². The number of halogens is 3. The summed E-state index contributed by atoms with van der Waals surface area (Å²) in [6.45, 7) is -0.549. The summed E-state index contributed by atoms with van der Waals surface area (Å²) in [5, 5.41) is 11.9. The van der Waals surface area contributed by atoms with Crippen molar-refractivity contribution >= 4 is 5.91 Å². The van der Waals surface area contributed by atoms with E-state index in [0.29, 0.717) is 23.5 Å². The lowest BCUT2D eigenvalue weighted by Gasteiger charge is -2.31. The van der Waals surface area contributed by atoms with Gasteiger partial charge in [0.2, 0.25) is 5.91 Å². The molecule has 1 saturated carbocycles. The molecule has 1 heterocycles. The smallest absolute Gasteiger partial charge is 0.336 e. The van der Waals surface area contributed by atoms with Crippen LogP contribution in [0.4, 0.5) is 13.2 Å². The molecule has 1 amide bonds. The van der Waals surface area contributed by atoms with Gasteiger partial charge in [-0.3, -0.25) is 9.59 Å². The molecule has 1 N–H and O–H groups in total. The standard InChI is InChI=1S/C15H16F3N3O2/c16-15(17,18)11-5-4-8-21(13(11)23)9-12(22)20-14(10-19)6-2-1-3-7-14/h4-5,8H,1-3,6-7,9H2,(H,20,22). The number of alkyl halides is 3. The minimum atomic E-state index is -4.77. The molecule has 124 valence electrons. The highest BCUT2D eigenvalue weighted by molar-refractivity contribution is 5.77. The number of pyridine rings is 1. The molecule has 0 aromatic carbocycles. The molecule has 1 aliphatic rings. The highest BCUT2D eigenvalue weighted by Gasteiger charge is 2.35. The summed E-state index contributed by atoms with van der Waals surface area (Å²) in [4.78, 5) is 23.8. The van der Waals surface area contributed by atoms with Crippen LogP contribution in [-0.2, 0) is 17.5 Å². The summed E-state index contributed by atoms with van der Waals surface area (Å²) < 4.78 is 38.8. The van der Waals surface area contributed by atoms with Crippen molar-refractivity contribution in [1.82, 2.24) is 9.88 Å². The van der Waals surface area contributed by atoms with Gasteiger partial charge in [-0.2, -0.15) is 18.4 Å². The summed E-state index contributed by atoms with van der Waals surface area (Å²) in [5.41, 5.74) is -3.58. The van der Waals surface area contributed by atoms with E-state index in [9.17, 15) is 28.0 Å². The molecule has 1 fully saturated rings. The molecule has 0 unspecified atom stereocenters. The normalized spacial score (nSPS) is 17.3. The summed E-state index contributed by atoms with van der Waals surface area (Å²) in [7, 11) is 0. The number of aromatic nitrogens is 1. The highest BCUT2D eigenvalue weighted by Crippen LogP contribution is 2.28. The number of nitriles is 1. The van der Waals surface area contributed by atoms with Crippen LogP contribution in [0, 0.1) is 11.3 Å². The first-order valence-corrected chi connectivity index (χ1v) is 7.26. The Balaban J connectivity index is 2.15. The maximum Gasteiger partial charge on any atom is 0.421 e. The van der Waals surface area contributed by atoms with Crippen LogP contribution in [-0.4, -0.2) is 16.0 Å².